The largest absolute Gasteiger partial charge is 0.341 e. The van der Waals surface area contributed by atoms with E-state index in [1.807, 2.05) is 23.7 Å². The third-order valence-corrected chi connectivity index (χ3v) is 5.18. The Balaban J connectivity index is 1.66. The molecule has 0 saturated heterocycles. The Bertz CT molecular complexity index is 987. The van der Waals surface area contributed by atoms with Crippen LogP contribution >= 0.6 is 11.8 Å². The fourth-order valence-electron chi connectivity index (χ4n) is 2.80. The van der Waals surface area contributed by atoms with Crippen molar-refractivity contribution in [2.24, 2.45) is 7.05 Å². The van der Waals surface area contributed by atoms with Gasteiger partial charge in [-0.05, 0) is 42.0 Å². The zero-order chi connectivity index (χ0) is 20.8. The van der Waals surface area contributed by atoms with Crippen LogP contribution in [0.2, 0.25) is 0 Å². The van der Waals surface area contributed by atoms with Crippen LogP contribution in [-0.2, 0) is 16.6 Å². The highest BCUT2D eigenvalue weighted by Gasteiger charge is 2.20. The average molecular weight is 412 g/mol. The Morgan fingerprint density at radius 2 is 1.83 bits per heavy atom. The van der Waals surface area contributed by atoms with Crippen LogP contribution in [0.25, 0.3) is 0 Å². The summed E-state index contributed by atoms with van der Waals surface area (Å²) in [5, 5.41) is 5.68. The van der Waals surface area contributed by atoms with Gasteiger partial charge in [-0.3, -0.25) is 9.59 Å². The molecule has 2 aromatic carbocycles. The van der Waals surface area contributed by atoms with Gasteiger partial charge in [0.1, 0.15) is 17.7 Å². The predicted octanol–water partition coefficient (Wildman–Crippen LogP) is 3.52. The number of halogens is 1. The van der Waals surface area contributed by atoms with Gasteiger partial charge in [0.05, 0.1) is 5.75 Å². The van der Waals surface area contributed by atoms with Gasteiger partial charge >= 0.3 is 0 Å². The molecule has 0 unspecified atom stereocenters. The first-order valence-corrected chi connectivity index (χ1v) is 9.93. The first-order valence-electron chi connectivity index (χ1n) is 8.95. The Labute approximate surface area is 172 Å². The summed E-state index contributed by atoms with van der Waals surface area (Å²) < 4.78 is 15.1. The number of hydrogen-bond acceptors (Lipinski definition) is 4. The Hall–Kier alpha value is -3.13. The van der Waals surface area contributed by atoms with Crippen LogP contribution in [0.1, 0.15) is 24.4 Å². The molecule has 0 bridgehead atoms. The molecule has 0 radical (unpaired) electrons. The molecule has 1 heterocycles. The van der Waals surface area contributed by atoms with Crippen molar-refractivity contribution in [1.29, 1.82) is 0 Å². The van der Waals surface area contributed by atoms with Crippen molar-refractivity contribution in [3.63, 3.8) is 0 Å². The number of aromatic nitrogens is 2. The topological polar surface area (TPSA) is 76.0 Å². The number of nitrogens with zero attached hydrogens (tertiary/aromatic N) is 2. The minimum Gasteiger partial charge on any atom is -0.341 e. The molecule has 2 amide bonds. The summed E-state index contributed by atoms with van der Waals surface area (Å²) in [6, 6.07) is 12.8. The molecule has 2 N–H and O–H groups in total. The van der Waals surface area contributed by atoms with Crippen LogP contribution in [0.4, 0.5) is 10.1 Å². The lowest BCUT2D eigenvalue weighted by Gasteiger charge is -2.19. The zero-order valence-electron chi connectivity index (χ0n) is 16.1. The quantitative estimate of drug-likeness (QED) is 0.582. The number of thioether (sulfide) groups is 1. The maximum Gasteiger partial charge on any atom is 0.231 e. The van der Waals surface area contributed by atoms with Crippen LogP contribution in [0.3, 0.4) is 0 Å². The van der Waals surface area contributed by atoms with E-state index in [-0.39, 0.29) is 23.4 Å². The second-order valence-corrected chi connectivity index (χ2v) is 7.49. The maximum absolute atomic E-state index is 13.3. The van der Waals surface area contributed by atoms with E-state index in [9.17, 15) is 14.0 Å². The van der Waals surface area contributed by atoms with E-state index >= 15 is 0 Å². The summed E-state index contributed by atoms with van der Waals surface area (Å²) in [6.07, 6.45) is 3.45. The molecule has 0 saturated carbocycles. The van der Waals surface area contributed by atoms with Gasteiger partial charge in [0, 0.05) is 36.9 Å². The number of amides is 2. The first kappa shape index (κ1) is 20.6. The van der Waals surface area contributed by atoms with Crippen LogP contribution < -0.4 is 10.6 Å². The average Bonchev–Trinajstić information content (AvgIpc) is 3.11. The number of carbonyl (C=O) groups is 2. The van der Waals surface area contributed by atoms with Gasteiger partial charge in [-0.15, -0.1) is 11.8 Å². The molecule has 0 aliphatic heterocycles. The smallest absolute Gasteiger partial charge is 0.231 e. The molecule has 0 spiro atoms. The monoisotopic (exact) mass is 412 g/mol. The van der Waals surface area contributed by atoms with E-state index in [4.69, 9.17) is 0 Å². The standard InChI is InChI=1S/C21H21FN4O2S/c1-14(27)24-17-7-9-18(10-8-17)29-13-19(28)25-20(21-23-11-12-26(21)2)15-3-5-16(22)6-4-15/h3-12,20H,13H2,1-2H3,(H,24,27)(H,25,28)/t20-/m0/s1. The minimum absolute atomic E-state index is 0.133. The van der Waals surface area contributed by atoms with Crippen LogP contribution in [-0.4, -0.2) is 27.1 Å². The van der Waals surface area contributed by atoms with Crippen molar-refractivity contribution >= 4 is 29.3 Å². The number of anilines is 1. The number of rotatable bonds is 7. The van der Waals surface area contributed by atoms with E-state index in [0.29, 0.717) is 11.5 Å². The molecule has 3 rings (SSSR count). The number of hydrogen-bond donors (Lipinski definition) is 2. The van der Waals surface area contributed by atoms with E-state index in [1.165, 1.54) is 30.8 Å². The van der Waals surface area contributed by atoms with Gasteiger partial charge in [0.25, 0.3) is 0 Å². The fourth-order valence-corrected chi connectivity index (χ4v) is 3.51. The number of aryl methyl sites for hydroxylation is 1. The predicted molar refractivity (Wildman–Crippen MR) is 111 cm³/mol. The zero-order valence-corrected chi connectivity index (χ0v) is 16.9. The number of nitrogens with one attached hydrogen (secondary N) is 2. The summed E-state index contributed by atoms with van der Waals surface area (Å²) in [4.78, 5) is 28.9. The summed E-state index contributed by atoms with van der Waals surface area (Å²) in [5.74, 6) is 0.234. The van der Waals surface area contributed by atoms with Gasteiger partial charge in [-0.1, -0.05) is 12.1 Å². The number of imidazole rings is 1. The molecule has 1 atom stereocenters. The molecule has 8 heteroatoms. The Morgan fingerprint density at radius 1 is 1.14 bits per heavy atom. The summed E-state index contributed by atoms with van der Waals surface area (Å²) in [5.41, 5.74) is 1.45. The van der Waals surface area contributed by atoms with Crippen molar-refractivity contribution in [3.05, 3.63) is 78.1 Å². The Morgan fingerprint density at radius 3 is 2.41 bits per heavy atom. The molecule has 0 fully saturated rings. The van der Waals surface area contributed by atoms with Crippen molar-refractivity contribution < 1.29 is 14.0 Å². The minimum atomic E-state index is -0.481. The molecule has 6 nitrogen and oxygen atoms in total. The Kier molecular flexibility index (Phi) is 6.66. The lowest BCUT2D eigenvalue weighted by Crippen LogP contribution is -2.32. The van der Waals surface area contributed by atoms with Crippen molar-refractivity contribution in [1.82, 2.24) is 14.9 Å². The second kappa shape index (κ2) is 9.38. The third-order valence-electron chi connectivity index (χ3n) is 4.17. The fraction of sp³-hybridized carbons (Fsp3) is 0.190. The molecule has 1 aromatic heterocycles. The van der Waals surface area contributed by atoms with Crippen LogP contribution in [0.5, 0.6) is 0 Å². The van der Waals surface area contributed by atoms with Crippen LogP contribution in [0, 0.1) is 5.82 Å². The number of benzene rings is 2. The van der Waals surface area contributed by atoms with Gasteiger partial charge in [0.2, 0.25) is 11.8 Å². The molecule has 0 aliphatic rings. The lowest BCUT2D eigenvalue weighted by molar-refractivity contribution is -0.119. The molecule has 150 valence electrons. The third kappa shape index (κ3) is 5.68. The van der Waals surface area contributed by atoms with E-state index in [1.54, 1.807) is 36.7 Å². The highest BCUT2D eigenvalue weighted by molar-refractivity contribution is 8.00. The van der Waals surface area contributed by atoms with E-state index in [0.717, 1.165) is 10.5 Å². The van der Waals surface area contributed by atoms with Gasteiger partial charge in [0.15, 0.2) is 0 Å². The highest BCUT2D eigenvalue weighted by atomic mass is 32.2. The molecule has 0 aliphatic carbocycles. The molecular formula is C21H21FN4O2S. The van der Waals surface area contributed by atoms with Gasteiger partial charge in [-0.2, -0.15) is 0 Å². The normalized spacial score (nSPS) is 11.7. The second-order valence-electron chi connectivity index (χ2n) is 6.44. The first-order chi connectivity index (χ1) is 13.9. The van der Waals surface area contributed by atoms with Gasteiger partial charge in [-0.25, -0.2) is 9.37 Å². The molecular weight excluding hydrogens is 391 g/mol. The lowest BCUT2D eigenvalue weighted by atomic mass is 10.1. The van der Waals surface area contributed by atoms with Crippen molar-refractivity contribution in [2.75, 3.05) is 11.1 Å². The van der Waals surface area contributed by atoms with E-state index in [2.05, 4.69) is 15.6 Å². The van der Waals surface area contributed by atoms with Crippen LogP contribution in [0.15, 0.2) is 65.8 Å². The highest BCUT2D eigenvalue weighted by Crippen LogP contribution is 2.23. The molecule has 3 aromatic rings. The maximum atomic E-state index is 13.3. The van der Waals surface area contributed by atoms with Gasteiger partial charge < -0.3 is 15.2 Å². The van der Waals surface area contributed by atoms with E-state index < -0.39 is 6.04 Å². The summed E-state index contributed by atoms with van der Waals surface area (Å²) in [7, 11) is 1.84. The summed E-state index contributed by atoms with van der Waals surface area (Å²) >= 11 is 1.39. The van der Waals surface area contributed by atoms with Crippen molar-refractivity contribution in [3.8, 4) is 0 Å². The SMILES string of the molecule is CC(=O)Nc1ccc(SCC(=O)N[C@@H](c2ccc(F)cc2)c2nccn2C)cc1. The summed E-state index contributed by atoms with van der Waals surface area (Å²) in [6.45, 7) is 1.45. The number of carbonyl (C=O) groups excluding carboxylic acids is 2. The van der Waals surface area contributed by atoms with Crippen molar-refractivity contribution in [2.45, 2.75) is 17.9 Å². The molecule has 29 heavy (non-hydrogen) atoms.